The topological polar surface area (TPSA) is 68.3 Å². The molecule has 1 heterocycles. The number of carbonyl (C=O) groups is 2. The molecule has 5 heteroatoms. The van der Waals surface area contributed by atoms with Gasteiger partial charge in [-0.1, -0.05) is 6.07 Å². The molecule has 0 atom stereocenters. The van der Waals surface area contributed by atoms with Crippen molar-refractivity contribution in [2.24, 2.45) is 0 Å². The van der Waals surface area contributed by atoms with Crippen molar-refractivity contribution in [1.82, 2.24) is 10.3 Å². The van der Waals surface area contributed by atoms with E-state index < -0.39 is 0 Å². The van der Waals surface area contributed by atoms with E-state index in [0.29, 0.717) is 26.0 Å². The Balaban J connectivity index is 2.13. The fourth-order valence-electron chi connectivity index (χ4n) is 1.43. The predicted molar refractivity (Wildman–Crippen MR) is 66.8 cm³/mol. The molecular formula is C13H18N2O3. The Bertz CT molecular complexity index is 379. The second kappa shape index (κ2) is 8.22. The third-order valence-electron chi connectivity index (χ3n) is 2.32. The number of pyridine rings is 1. The molecule has 0 saturated carbocycles. The van der Waals surface area contributed by atoms with Gasteiger partial charge in [-0.3, -0.25) is 14.6 Å². The van der Waals surface area contributed by atoms with Gasteiger partial charge in [0.2, 0.25) is 5.91 Å². The van der Waals surface area contributed by atoms with Crippen LogP contribution in [0.1, 0.15) is 25.3 Å². The summed E-state index contributed by atoms with van der Waals surface area (Å²) in [6, 6.07) is 3.77. The second-order valence-corrected chi connectivity index (χ2v) is 3.77. The molecule has 1 amide bonds. The molecule has 0 radical (unpaired) electrons. The molecular weight excluding hydrogens is 232 g/mol. The van der Waals surface area contributed by atoms with Gasteiger partial charge in [0.15, 0.2) is 0 Å². The van der Waals surface area contributed by atoms with Crippen LogP contribution in [0.5, 0.6) is 0 Å². The van der Waals surface area contributed by atoms with Crippen molar-refractivity contribution in [3.8, 4) is 0 Å². The smallest absolute Gasteiger partial charge is 0.307 e. The van der Waals surface area contributed by atoms with Crippen LogP contribution in [0.3, 0.4) is 0 Å². The molecule has 1 aromatic heterocycles. The molecule has 1 N–H and O–H groups in total. The first-order valence-electron chi connectivity index (χ1n) is 6.03. The molecule has 0 aliphatic carbocycles. The van der Waals surface area contributed by atoms with E-state index in [9.17, 15) is 9.59 Å². The number of hydrogen-bond acceptors (Lipinski definition) is 4. The van der Waals surface area contributed by atoms with E-state index in [1.165, 1.54) is 0 Å². The Morgan fingerprint density at radius 1 is 1.39 bits per heavy atom. The number of esters is 1. The molecule has 0 aromatic carbocycles. The Labute approximate surface area is 107 Å². The summed E-state index contributed by atoms with van der Waals surface area (Å²) in [5.74, 6) is -0.354. The van der Waals surface area contributed by atoms with E-state index in [1.54, 1.807) is 19.3 Å². The lowest BCUT2D eigenvalue weighted by molar-refractivity contribution is -0.143. The average Bonchev–Trinajstić information content (AvgIpc) is 2.38. The van der Waals surface area contributed by atoms with E-state index in [1.807, 2.05) is 12.1 Å². The van der Waals surface area contributed by atoms with E-state index in [0.717, 1.165) is 5.56 Å². The molecule has 0 fully saturated rings. The van der Waals surface area contributed by atoms with Crippen LogP contribution in [0.4, 0.5) is 0 Å². The summed E-state index contributed by atoms with van der Waals surface area (Å²) in [4.78, 5) is 26.5. The van der Waals surface area contributed by atoms with Crippen LogP contribution in [0.15, 0.2) is 24.5 Å². The van der Waals surface area contributed by atoms with Crippen molar-refractivity contribution in [3.63, 3.8) is 0 Å². The van der Waals surface area contributed by atoms with Gasteiger partial charge >= 0.3 is 5.97 Å². The first-order chi connectivity index (χ1) is 8.72. The second-order valence-electron chi connectivity index (χ2n) is 3.77. The largest absolute Gasteiger partial charge is 0.466 e. The van der Waals surface area contributed by atoms with Gasteiger partial charge < -0.3 is 10.1 Å². The molecule has 0 aliphatic heterocycles. The lowest BCUT2D eigenvalue weighted by atomic mass is 10.1. The number of nitrogens with zero attached hydrogens (tertiary/aromatic N) is 1. The SMILES string of the molecule is CCOC(=O)CCNC(=O)CCc1cccnc1. The molecule has 18 heavy (non-hydrogen) atoms. The van der Waals surface area contributed by atoms with E-state index in [2.05, 4.69) is 10.3 Å². The third-order valence-corrected chi connectivity index (χ3v) is 2.32. The van der Waals surface area contributed by atoms with Crippen molar-refractivity contribution in [2.45, 2.75) is 26.2 Å². The van der Waals surface area contributed by atoms with Gasteiger partial charge in [-0.2, -0.15) is 0 Å². The summed E-state index contributed by atoms with van der Waals surface area (Å²) in [5, 5.41) is 2.68. The summed E-state index contributed by atoms with van der Waals surface area (Å²) < 4.78 is 4.75. The summed E-state index contributed by atoms with van der Waals surface area (Å²) in [6.45, 7) is 2.45. The molecule has 0 saturated heterocycles. The van der Waals surface area contributed by atoms with Gasteiger partial charge in [-0.05, 0) is 25.0 Å². The van der Waals surface area contributed by atoms with Crippen molar-refractivity contribution in [2.75, 3.05) is 13.2 Å². The van der Waals surface area contributed by atoms with Crippen LogP contribution in [0.2, 0.25) is 0 Å². The normalized spacial score (nSPS) is 9.83. The van der Waals surface area contributed by atoms with Gasteiger partial charge in [0, 0.05) is 25.4 Å². The molecule has 0 unspecified atom stereocenters. The number of nitrogens with one attached hydrogen (secondary N) is 1. The number of rotatable bonds is 7. The maximum absolute atomic E-state index is 11.5. The molecule has 0 aliphatic rings. The zero-order valence-electron chi connectivity index (χ0n) is 10.5. The first kappa shape index (κ1) is 14.2. The summed E-state index contributed by atoms with van der Waals surface area (Å²) in [6.07, 6.45) is 4.70. The highest BCUT2D eigenvalue weighted by Gasteiger charge is 2.04. The molecule has 98 valence electrons. The van der Waals surface area contributed by atoms with Crippen molar-refractivity contribution in [3.05, 3.63) is 30.1 Å². The number of amides is 1. The van der Waals surface area contributed by atoms with Crippen molar-refractivity contribution < 1.29 is 14.3 Å². The Hall–Kier alpha value is -1.91. The fourth-order valence-corrected chi connectivity index (χ4v) is 1.43. The van der Waals surface area contributed by atoms with Gasteiger partial charge in [0.25, 0.3) is 0 Å². The minimum Gasteiger partial charge on any atom is -0.466 e. The van der Waals surface area contributed by atoms with E-state index in [4.69, 9.17) is 4.74 Å². The number of carbonyl (C=O) groups excluding carboxylic acids is 2. The van der Waals surface area contributed by atoms with Crippen LogP contribution in [0, 0.1) is 0 Å². The highest BCUT2D eigenvalue weighted by Crippen LogP contribution is 2.00. The Kier molecular flexibility index (Phi) is 6.46. The highest BCUT2D eigenvalue weighted by molar-refractivity contribution is 5.77. The zero-order chi connectivity index (χ0) is 13.2. The number of hydrogen-bond donors (Lipinski definition) is 1. The summed E-state index contributed by atoms with van der Waals surface area (Å²) in [5.41, 5.74) is 1.03. The molecule has 0 bridgehead atoms. The standard InChI is InChI=1S/C13H18N2O3/c1-2-18-13(17)7-9-15-12(16)6-5-11-4-3-8-14-10-11/h3-4,8,10H,2,5-7,9H2,1H3,(H,15,16). The fraction of sp³-hybridized carbons (Fsp3) is 0.462. The van der Waals surface area contributed by atoms with Crippen LogP contribution in [0.25, 0.3) is 0 Å². The summed E-state index contributed by atoms with van der Waals surface area (Å²) >= 11 is 0. The molecule has 1 rings (SSSR count). The van der Waals surface area contributed by atoms with Crippen molar-refractivity contribution >= 4 is 11.9 Å². The monoisotopic (exact) mass is 250 g/mol. The lowest BCUT2D eigenvalue weighted by Crippen LogP contribution is -2.26. The van der Waals surface area contributed by atoms with E-state index in [-0.39, 0.29) is 18.3 Å². The maximum Gasteiger partial charge on any atom is 0.307 e. The predicted octanol–water partition coefficient (Wildman–Crippen LogP) is 1.08. The molecule has 5 nitrogen and oxygen atoms in total. The number of ether oxygens (including phenoxy) is 1. The van der Waals surface area contributed by atoms with Gasteiger partial charge in [0.05, 0.1) is 13.0 Å². The minimum absolute atomic E-state index is 0.0665. The zero-order valence-corrected chi connectivity index (χ0v) is 10.5. The van der Waals surface area contributed by atoms with Gasteiger partial charge in [0.1, 0.15) is 0 Å². The number of aryl methyl sites for hydroxylation is 1. The van der Waals surface area contributed by atoms with Crippen LogP contribution in [-0.2, 0) is 20.7 Å². The summed E-state index contributed by atoms with van der Waals surface area (Å²) in [7, 11) is 0. The molecule has 1 aromatic rings. The highest BCUT2D eigenvalue weighted by atomic mass is 16.5. The third kappa shape index (κ3) is 5.98. The quantitative estimate of drug-likeness (QED) is 0.735. The van der Waals surface area contributed by atoms with Gasteiger partial charge in [-0.15, -0.1) is 0 Å². The van der Waals surface area contributed by atoms with Crippen molar-refractivity contribution in [1.29, 1.82) is 0 Å². The Morgan fingerprint density at radius 2 is 2.22 bits per heavy atom. The average molecular weight is 250 g/mol. The van der Waals surface area contributed by atoms with Crippen LogP contribution >= 0.6 is 0 Å². The maximum atomic E-state index is 11.5. The Morgan fingerprint density at radius 3 is 2.89 bits per heavy atom. The van der Waals surface area contributed by atoms with Crippen LogP contribution < -0.4 is 5.32 Å². The number of aromatic nitrogens is 1. The lowest BCUT2D eigenvalue weighted by Gasteiger charge is -2.05. The van der Waals surface area contributed by atoms with Crippen LogP contribution in [-0.4, -0.2) is 30.0 Å². The van der Waals surface area contributed by atoms with Gasteiger partial charge in [-0.25, -0.2) is 0 Å². The van der Waals surface area contributed by atoms with E-state index >= 15 is 0 Å². The minimum atomic E-state index is -0.287. The molecule has 0 spiro atoms. The first-order valence-corrected chi connectivity index (χ1v) is 6.03.